The first-order chi connectivity index (χ1) is 8.16. The molecule has 0 aliphatic heterocycles. The second kappa shape index (κ2) is 14.7. The van der Waals surface area contributed by atoms with E-state index in [-0.39, 0.29) is 29.6 Å². The molecule has 18 heavy (non-hydrogen) atoms. The smallest absolute Gasteiger partial charge is 0.859 e. The van der Waals surface area contributed by atoms with Gasteiger partial charge < -0.3 is 20.8 Å². The maximum absolute atomic E-state index is 11.0. The Labute approximate surface area is 130 Å². The molecule has 0 aromatic carbocycles. The number of nitrogens with one attached hydrogen (secondary N) is 2. The molecule has 7 heteroatoms. The first kappa shape index (κ1) is 19.9. The minimum atomic E-state index is -1.14. The normalized spacial score (nSPS) is 11.5. The molecule has 0 rings (SSSR count). The number of nitrogens with zero attached hydrogens (tertiary/aromatic N) is 1. The van der Waals surface area contributed by atoms with Crippen molar-refractivity contribution in [3.63, 3.8) is 0 Å². The van der Waals surface area contributed by atoms with Crippen LogP contribution >= 0.6 is 0 Å². The summed E-state index contributed by atoms with van der Waals surface area (Å²) < 4.78 is 0. The monoisotopic (exact) mass is 265 g/mol. The van der Waals surface area contributed by atoms with E-state index in [9.17, 15) is 9.90 Å². The van der Waals surface area contributed by atoms with E-state index < -0.39 is 11.9 Å². The number of hydrogen-bond donors (Lipinski definition) is 3. The molecule has 0 spiro atoms. The van der Waals surface area contributed by atoms with Crippen LogP contribution < -0.4 is 45.3 Å². The molecule has 3 N–H and O–H groups in total. The van der Waals surface area contributed by atoms with Crippen molar-refractivity contribution in [1.29, 1.82) is 0 Å². The first-order valence-corrected chi connectivity index (χ1v) is 5.70. The first-order valence-electron chi connectivity index (χ1n) is 5.70. The molecule has 98 valence electrons. The van der Waals surface area contributed by atoms with Gasteiger partial charge in [0.2, 0.25) is 0 Å². The molecule has 0 saturated heterocycles. The minimum Gasteiger partial charge on any atom is -0.859 e. The number of carboxylic acid groups (broad SMARTS) is 1. The van der Waals surface area contributed by atoms with Gasteiger partial charge in [-0.1, -0.05) is 6.92 Å². The molecule has 0 unspecified atom stereocenters. The van der Waals surface area contributed by atoms with Gasteiger partial charge in [0.05, 0.1) is 6.54 Å². The van der Waals surface area contributed by atoms with Gasteiger partial charge in [-0.05, 0) is 24.9 Å². The van der Waals surface area contributed by atoms with Crippen molar-refractivity contribution in [2.24, 2.45) is 4.99 Å². The zero-order chi connectivity index (χ0) is 12.9. The third-order valence-electron chi connectivity index (χ3n) is 1.83. The van der Waals surface area contributed by atoms with Crippen molar-refractivity contribution in [2.45, 2.75) is 13.3 Å². The van der Waals surface area contributed by atoms with Crippen LogP contribution in [0, 0.1) is 0 Å². The quantitative estimate of drug-likeness (QED) is 0.123. The molecule has 0 bridgehead atoms. The van der Waals surface area contributed by atoms with Gasteiger partial charge >= 0.3 is 35.5 Å². The van der Waals surface area contributed by atoms with Crippen LogP contribution in [0.25, 0.3) is 0 Å². The Morgan fingerprint density at radius 1 is 1.22 bits per heavy atom. The van der Waals surface area contributed by atoms with Gasteiger partial charge in [0, 0.05) is 25.7 Å². The SMILES string of the molecule is CCCNCCNCCN=C([O-])/C=C/C(=O)O.[Na+]. The summed E-state index contributed by atoms with van der Waals surface area (Å²) in [5.41, 5.74) is 0. The van der Waals surface area contributed by atoms with Crippen molar-refractivity contribution in [3.8, 4) is 0 Å². The number of carbonyl (C=O) groups is 1. The van der Waals surface area contributed by atoms with E-state index in [0.29, 0.717) is 13.1 Å². The van der Waals surface area contributed by atoms with Crippen LogP contribution in [0.2, 0.25) is 0 Å². The number of aliphatic carboxylic acids is 1. The maximum Gasteiger partial charge on any atom is 1.00 e. The van der Waals surface area contributed by atoms with Crippen LogP contribution in [-0.4, -0.2) is 49.7 Å². The van der Waals surface area contributed by atoms with Gasteiger partial charge in [0.1, 0.15) is 0 Å². The topological polar surface area (TPSA) is 96.8 Å². The van der Waals surface area contributed by atoms with Crippen LogP contribution in [0.3, 0.4) is 0 Å². The molecule has 6 nitrogen and oxygen atoms in total. The Balaban J connectivity index is 0. The third-order valence-corrected chi connectivity index (χ3v) is 1.83. The van der Waals surface area contributed by atoms with Gasteiger partial charge in [0.25, 0.3) is 0 Å². The Morgan fingerprint density at radius 2 is 1.83 bits per heavy atom. The van der Waals surface area contributed by atoms with Crippen molar-refractivity contribution in [1.82, 2.24) is 10.6 Å². The Morgan fingerprint density at radius 3 is 2.39 bits per heavy atom. The molecule has 0 aromatic rings. The van der Waals surface area contributed by atoms with E-state index in [0.717, 1.165) is 38.2 Å². The van der Waals surface area contributed by atoms with Crippen LogP contribution in [-0.2, 0) is 4.79 Å². The number of aliphatic imine (C=N–C) groups is 1. The molecule has 0 amide bonds. The maximum atomic E-state index is 11.0. The molecular formula is C11H20N3NaO3. The molecule has 0 radical (unpaired) electrons. The minimum absolute atomic E-state index is 0. The number of hydrogen-bond acceptors (Lipinski definition) is 5. The fourth-order valence-electron chi connectivity index (χ4n) is 1.04. The third kappa shape index (κ3) is 15.6. The Kier molecular flexibility index (Phi) is 16.2. The van der Waals surface area contributed by atoms with Crippen molar-refractivity contribution in [3.05, 3.63) is 12.2 Å². The predicted molar refractivity (Wildman–Crippen MR) is 65.1 cm³/mol. The second-order valence-corrected chi connectivity index (χ2v) is 3.39. The molecule has 0 fully saturated rings. The van der Waals surface area contributed by atoms with Gasteiger partial charge in [-0.25, -0.2) is 4.79 Å². The second-order valence-electron chi connectivity index (χ2n) is 3.39. The van der Waals surface area contributed by atoms with Crippen molar-refractivity contribution < 1.29 is 44.6 Å². The van der Waals surface area contributed by atoms with E-state index in [1.54, 1.807) is 0 Å². The molecule has 0 aliphatic carbocycles. The average Bonchev–Trinajstić information content (AvgIpc) is 2.30. The van der Waals surface area contributed by atoms with Crippen molar-refractivity contribution in [2.75, 3.05) is 32.7 Å². The average molecular weight is 265 g/mol. The number of carboxylic acids is 1. The molecule has 0 saturated carbocycles. The summed E-state index contributed by atoms with van der Waals surface area (Å²) in [5.74, 6) is -1.66. The summed E-state index contributed by atoms with van der Waals surface area (Å²) in [4.78, 5) is 13.8. The zero-order valence-corrected chi connectivity index (χ0v) is 13.1. The molecular weight excluding hydrogens is 245 g/mol. The summed E-state index contributed by atoms with van der Waals surface area (Å²) in [6, 6.07) is 0. The number of rotatable bonds is 10. The predicted octanol–water partition coefficient (Wildman–Crippen LogP) is -4.02. The van der Waals surface area contributed by atoms with Gasteiger partial charge in [-0.15, -0.1) is 0 Å². The van der Waals surface area contributed by atoms with Crippen LogP contribution in [0.4, 0.5) is 0 Å². The Hall–Kier alpha value is -0.400. The summed E-state index contributed by atoms with van der Waals surface area (Å²) in [6.45, 7) is 5.80. The standard InChI is InChI=1S/C11H21N3O3.Na/c1-2-5-12-6-7-13-8-9-14-10(15)3-4-11(16)17;/h3-4,12-13H,2,5-9H2,1H3,(H,14,15)(H,16,17);/q;+1/p-1/b4-3+;. The van der Waals surface area contributed by atoms with Gasteiger partial charge in [0.15, 0.2) is 0 Å². The largest absolute Gasteiger partial charge is 1.00 e. The molecule has 0 atom stereocenters. The van der Waals surface area contributed by atoms with Gasteiger partial charge in [-0.3, -0.25) is 4.99 Å². The molecule has 0 heterocycles. The Bertz CT molecular complexity index is 270. The zero-order valence-electron chi connectivity index (χ0n) is 11.1. The summed E-state index contributed by atoms with van der Waals surface area (Å²) in [5, 5.41) is 25.6. The van der Waals surface area contributed by atoms with E-state index in [4.69, 9.17) is 5.11 Å². The fourth-order valence-corrected chi connectivity index (χ4v) is 1.04. The summed E-state index contributed by atoms with van der Waals surface area (Å²) in [6.07, 6.45) is 2.85. The van der Waals surface area contributed by atoms with Crippen LogP contribution in [0.15, 0.2) is 17.1 Å². The van der Waals surface area contributed by atoms with E-state index in [1.807, 2.05) is 0 Å². The van der Waals surface area contributed by atoms with Crippen LogP contribution in [0.5, 0.6) is 0 Å². The van der Waals surface area contributed by atoms with Crippen molar-refractivity contribution >= 4 is 11.9 Å². The van der Waals surface area contributed by atoms with E-state index in [2.05, 4.69) is 22.5 Å². The van der Waals surface area contributed by atoms with Gasteiger partial charge in [-0.2, -0.15) is 0 Å². The molecule has 0 aliphatic rings. The fraction of sp³-hybridized carbons (Fsp3) is 0.636. The summed E-state index contributed by atoms with van der Waals surface area (Å²) in [7, 11) is 0. The van der Waals surface area contributed by atoms with E-state index >= 15 is 0 Å². The van der Waals surface area contributed by atoms with Crippen LogP contribution in [0.1, 0.15) is 13.3 Å². The van der Waals surface area contributed by atoms with E-state index in [1.165, 1.54) is 0 Å². The molecule has 0 aromatic heterocycles. The summed E-state index contributed by atoms with van der Waals surface area (Å²) >= 11 is 0.